The van der Waals surface area contributed by atoms with Crippen LogP contribution in [0.4, 0.5) is 0 Å². The average Bonchev–Trinajstić information content (AvgIpc) is 1.62. The van der Waals surface area contributed by atoms with E-state index in [-0.39, 0.29) is 4.84 Å². The molecule has 0 radical (unpaired) electrons. The third-order valence-electron chi connectivity index (χ3n) is 0.507. The Morgan fingerprint density at radius 2 is 1.50 bits per heavy atom. The topological polar surface area (TPSA) is 0 Å². The van der Waals surface area contributed by atoms with Crippen molar-refractivity contribution >= 4 is 64.7 Å². The molecule has 0 aromatic heterocycles. The normalized spacial score (nSPS) is 8.70. The first-order chi connectivity index (χ1) is 4.50. The predicted octanol–water partition coefficient (Wildman–Crippen LogP) is 4.28. The molecule has 0 unspecified atom stereocenters. The van der Waals surface area contributed by atoms with E-state index >= 15 is 0 Å². The fourth-order valence-corrected chi connectivity index (χ4v) is 0.655. The van der Waals surface area contributed by atoms with Crippen LogP contribution in [0.2, 0.25) is 0 Å². The number of hydrogen-bond donors (Lipinski definition) is 0. The Hall–Kier alpha value is 1.98. The Balaban J connectivity index is 0. The minimum absolute atomic E-state index is 0.157. The third-order valence-corrected chi connectivity index (χ3v) is 0.943. The van der Waals surface area contributed by atoms with Gasteiger partial charge >= 0.3 is 11.4 Å². The van der Waals surface area contributed by atoms with Gasteiger partial charge in [0.15, 0.2) is 0 Å². The summed E-state index contributed by atoms with van der Waals surface area (Å²) in [6.45, 7) is 2.05. The van der Waals surface area contributed by atoms with E-state index in [0.717, 1.165) is 12.8 Å². The van der Waals surface area contributed by atoms with Crippen LogP contribution in [0.1, 0.15) is 19.8 Å². The maximum absolute atomic E-state index is 5.34. The number of alkyl halides is 2. The van der Waals surface area contributed by atoms with Gasteiger partial charge in [0.2, 0.25) is 0 Å². The van der Waals surface area contributed by atoms with Gasteiger partial charge in [-0.05, 0) is 6.42 Å². The molecule has 62 valence electrons. The minimum Gasteiger partial charge on any atom is -0.214 e. The smallest absolute Gasteiger partial charge is 0.214 e. The van der Waals surface area contributed by atoms with Gasteiger partial charge in [0, 0.05) is 0 Å². The molecule has 0 rings (SSSR count). The van der Waals surface area contributed by atoms with E-state index in [1.165, 1.54) is 0 Å². The SMILES string of the molecule is CCCC(Cl)Cl.[Cl][Al]([Cl])[Cl]. The van der Waals surface area contributed by atoms with Crippen LogP contribution >= 0.6 is 53.3 Å². The van der Waals surface area contributed by atoms with Gasteiger partial charge < -0.3 is 0 Å². The van der Waals surface area contributed by atoms with Crippen molar-refractivity contribution in [3.05, 3.63) is 0 Å². The summed E-state index contributed by atoms with van der Waals surface area (Å²) in [6.07, 6.45) is 1.97. The Labute approximate surface area is 88.7 Å². The number of halogens is 5. The molecule has 0 aliphatic carbocycles. The fraction of sp³-hybridized carbons (Fsp3) is 1.00. The van der Waals surface area contributed by atoms with Gasteiger partial charge in [-0.25, -0.2) is 30.1 Å². The average molecular weight is 260 g/mol. The summed E-state index contributed by atoms with van der Waals surface area (Å²) < 4.78 is 0. The van der Waals surface area contributed by atoms with Crippen molar-refractivity contribution in [2.24, 2.45) is 0 Å². The van der Waals surface area contributed by atoms with E-state index in [9.17, 15) is 0 Å². The predicted molar refractivity (Wildman–Crippen MR) is 53.7 cm³/mol. The Morgan fingerprint density at radius 1 is 1.20 bits per heavy atom. The van der Waals surface area contributed by atoms with E-state index in [2.05, 4.69) is 6.92 Å². The van der Waals surface area contributed by atoms with Crippen LogP contribution in [0.15, 0.2) is 0 Å². The largest absolute Gasteiger partial charge is 0.643 e. The molecular formula is C4H8AlCl5. The summed E-state index contributed by atoms with van der Waals surface area (Å²) in [5.74, 6) is 0. The number of hydrogen-bond acceptors (Lipinski definition) is 0. The van der Waals surface area contributed by atoms with Crippen molar-refractivity contribution < 1.29 is 0 Å². The second-order valence-electron chi connectivity index (χ2n) is 1.43. The lowest BCUT2D eigenvalue weighted by atomic mass is 10.4. The molecule has 0 atom stereocenters. The first-order valence-electron chi connectivity index (χ1n) is 2.71. The van der Waals surface area contributed by atoms with Gasteiger partial charge in [-0.3, -0.25) is 0 Å². The second kappa shape index (κ2) is 11.0. The second-order valence-corrected chi connectivity index (χ2v) is 9.14. The van der Waals surface area contributed by atoms with Crippen molar-refractivity contribution in [2.45, 2.75) is 24.6 Å². The van der Waals surface area contributed by atoms with E-state index < -0.39 is 11.4 Å². The lowest BCUT2D eigenvalue weighted by Gasteiger charge is -1.90. The van der Waals surface area contributed by atoms with Gasteiger partial charge in [-0.2, -0.15) is 0 Å². The van der Waals surface area contributed by atoms with Crippen molar-refractivity contribution in [3.63, 3.8) is 0 Å². The Morgan fingerprint density at radius 3 is 1.50 bits per heavy atom. The zero-order valence-corrected chi connectivity index (χ0v) is 10.4. The van der Waals surface area contributed by atoms with Crippen molar-refractivity contribution in [2.75, 3.05) is 0 Å². The molecule has 0 saturated carbocycles. The van der Waals surface area contributed by atoms with Crippen molar-refractivity contribution in [3.8, 4) is 0 Å². The highest BCUT2D eigenvalue weighted by molar-refractivity contribution is 7.54. The van der Waals surface area contributed by atoms with Gasteiger partial charge in [0.25, 0.3) is 0 Å². The van der Waals surface area contributed by atoms with Gasteiger partial charge in [-0.1, -0.05) is 13.3 Å². The molecule has 10 heavy (non-hydrogen) atoms. The zero-order chi connectivity index (χ0) is 8.57. The molecule has 0 aromatic carbocycles. The zero-order valence-electron chi connectivity index (χ0n) is 5.46. The summed E-state index contributed by atoms with van der Waals surface area (Å²) >= 11 is 8.96. The highest BCUT2D eigenvalue weighted by Gasteiger charge is 2.00. The maximum atomic E-state index is 5.34. The van der Waals surface area contributed by atoms with Crippen LogP contribution < -0.4 is 0 Å². The van der Waals surface area contributed by atoms with E-state index in [1.807, 2.05) is 0 Å². The number of rotatable bonds is 2. The lowest BCUT2D eigenvalue weighted by molar-refractivity contribution is 0.859. The standard InChI is InChI=1S/C4H8Cl2.Al.3ClH/c1-2-3-4(5)6;;;;/h4H,2-3H2,1H3;;3*1H/q;+3;;;/p-3. The quantitative estimate of drug-likeness (QED) is 0.513. The van der Waals surface area contributed by atoms with E-state index in [1.54, 1.807) is 0 Å². The van der Waals surface area contributed by atoms with Gasteiger partial charge in [-0.15, -0.1) is 23.2 Å². The first-order valence-corrected chi connectivity index (χ1v) is 8.82. The molecule has 0 aliphatic rings. The Bertz CT molecular complexity index is 54.9. The third kappa shape index (κ3) is 32.4. The monoisotopic (exact) mass is 258 g/mol. The molecule has 0 aliphatic heterocycles. The van der Waals surface area contributed by atoms with Gasteiger partial charge in [0.1, 0.15) is 4.84 Å². The molecule has 0 nitrogen and oxygen atoms in total. The molecular weight excluding hydrogens is 252 g/mol. The molecule has 0 aromatic rings. The van der Waals surface area contributed by atoms with Crippen LogP contribution in [0.25, 0.3) is 0 Å². The Kier molecular flexibility index (Phi) is 15.9. The molecule has 0 saturated heterocycles. The highest BCUT2D eigenvalue weighted by Crippen LogP contribution is 2.07. The van der Waals surface area contributed by atoms with Crippen LogP contribution in [0.3, 0.4) is 0 Å². The molecule has 0 fully saturated rings. The molecule has 0 bridgehead atoms. The van der Waals surface area contributed by atoms with Crippen LogP contribution in [0, 0.1) is 0 Å². The summed E-state index contributed by atoms with van der Waals surface area (Å²) in [6, 6.07) is 0. The van der Waals surface area contributed by atoms with Crippen LogP contribution in [-0.2, 0) is 0 Å². The van der Waals surface area contributed by atoms with Crippen molar-refractivity contribution in [1.29, 1.82) is 0 Å². The van der Waals surface area contributed by atoms with Crippen LogP contribution in [0.5, 0.6) is 0 Å². The van der Waals surface area contributed by atoms with E-state index in [4.69, 9.17) is 53.3 Å². The molecule has 0 spiro atoms. The van der Waals surface area contributed by atoms with Crippen molar-refractivity contribution in [1.82, 2.24) is 0 Å². The first kappa shape index (κ1) is 14.5. The maximum Gasteiger partial charge on any atom is 0.643 e. The minimum atomic E-state index is -1.72. The molecule has 6 heteroatoms. The lowest BCUT2D eigenvalue weighted by Crippen LogP contribution is -1.80. The highest BCUT2D eigenvalue weighted by atomic mass is 35.8. The molecule has 0 heterocycles. The molecule has 0 amide bonds. The summed E-state index contributed by atoms with van der Waals surface area (Å²) in [5, 5.41) is 0. The summed E-state index contributed by atoms with van der Waals surface area (Å²) in [7, 11) is 14.8. The van der Waals surface area contributed by atoms with E-state index in [0.29, 0.717) is 0 Å². The summed E-state index contributed by atoms with van der Waals surface area (Å²) in [4.78, 5) is -0.157. The summed E-state index contributed by atoms with van der Waals surface area (Å²) in [5.41, 5.74) is 0. The van der Waals surface area contributed by atoms with Gasteiger partial charge in [0.05, 0.1) is 0 Å². The fourth-order valence-electron chi connectivity index (χ4n) is 0.218. The molecule has 0 N–H and O–H groups in total. The van der Waals surface area contributed by atoms with Crippen LogP contribution in [-0.4, -0.2) is 16.2 Å².